The highest BCUT2D eigenvalue weighted by Gasteiger charge is 2.14. The number of hydrogen-bond donors (Lipinski definition) is 1. The van der Waals surface area contributed by atoms with Crippen molar-refractivity contribution in [3.63, 3.8) is 0 Å². The first kappa shape index (κ1) is 13.5. The minimum Gasteiger partial charge on any atom is -0.496 e. The quantitative estimate of drug-likeness (QED) is 0.858. The molecule has 1 aromatic rings. The first-order valence-electron chi connectivity index (χ1n) is 5.71. The zero-order valence-corrected chi connectivity index (χ0v) is 10.4. The van der Waals surface area contributed by atoms with E-state index in [1.165, 1.54) is 19.2 Å². The number of methoxy groups -OCH3 is 1. The zero-order valence-electron chi connectivity index (χ0n) is 10.4. The molecule has 94 valence electrons. The van der Waals surface area contributed by atoms with Crippen LogP contribution in [0.15, 0.2) is 18.2 Å². The summed E-state index contributed by atoms with van der Waals surface area (Å²) in [7, 11) is 1.53. The maximum Gasteiger partial charge on any atom is 0.220 e. The van der Waals surface area contributed by atoms with Crippen LogP contribution in [0.5, 0.6) is 5.75 Å². The molecule has 0 radical (unpaired) electrons. The molecule has 0 aliphatic carbocycles. The molecule has 1 amide bonds. The summed E-state index contributed by atoms with van der Waals surface area (Å²) in [4.78, 5) is 11.5. The van der Waals surface area contributed by atoms with Gasteiger partial charge in [-0.2, -0.15) is 0 Å². The average Bonchev–Trinajstić information content (AvgIpc) is 2.29. The van der Waals surface area contributed by atoms with Gasteiger partial charge in [-0.25, -0.2) is 4.39 Å². The van der Waals surface area contributed by atoms with Gasteiger partial charge in [0.2, 0.25) is 5.91 Å². The third-order valence-corrected chi connectivity index (χ3v) is 2.51. The van der Waals surface area contributed by atoms with Crippen LogP contribution in [0.2, 0.25) is 0 Å². The first-order valence-corrected chi connectivity index (χ1v) is 5.71. The Bertz CT molecular complexity index is 393. The van der Waals surface area contributed by atoms with E-state index < -0.39 is 0 Å². The normalized spacial score (nSPS) is 12.0. The van der Waals surface area contributed by atoms with Gasteiger partial charge >= 0.3 is 0 Å². The Kier molecular flexibility index (Phi) is 4.94. The van der Waals surface area contributed by atoms with Gasteiger partial charge in [-0.3, -0.25) is 4.79 Å². The number of carbonyl (C=O) groups is 1. The second-order valence-corrected chi connectivity index (χ2v) is 3.93. The van der Waals surface area contributed by atoms with Crippen LogP contribution >= 0.6 is 0 Å². The van der Waals surface area contributed by atoms with Gasteiger partial charge in [-0.05, 0) is 31.5 Å². The van der Waals surface area contributed by atoms with Gasteiger partial charge < -0.3 is 10.1 Å². The number of amides is 1. The number of hydrogen-bond acceptors (Lipinski definition) is 2. The van der Waals surface area contributed by atoms with Crippen LogP contribution in [0.25, 0.3) is 0 Å². The molecule has 1 atom stereocenters. The molecule has 4 heteroatoms. The summed E-state index contributed by atoms with van der Waals surface area (Å²) in [6, 6.07) is 4.02. The predicted octanol–water partition coefficient (Wildman–Crippen LogP) is 2.81. The van der Waals surface area contributed by atoms with Crippen molar-refractivity contribution in [3.05, 3.63) is 29.6 Å². The molecule has 17 heavy (non-hydrogen) atoms. The largest absolute Gasteiger partial charge is 0.496 e. The molecule has 0 spiro atoms. The predicted molar refractivity (Wildman–Crippen MR) is 64.4 cm³/mol. The molecule has 1 N–H and O–H groups in total. The van der Waals surface area contributed by atoms with Gasteiger partial charge in [-0.1, -0.05) is 6.92 Å². The van der Waals surface area contributed by atoms with Gasteiger partial charge in [-0.15, -0.1) is 0 Å². The number of rotatable bonds is 5. The summed E-state index contributed by atoms with van der Waals surface area (Å²) in [6.07, 6.45) is 1.26. The van der Waals surface area contributed by atoms with Gasteiger partial charge in [0, 0.05) is 12.0 Å². The molecule has 1 unspecified atom stereocenters. The highest BCUT2D eigenvalue weighted by atomic mass is 19.1. The molecule has 0 aliphatic rings. The van der Waals surface area contributed by atoms with Crippen molar-refractivity contribution < 1.29 is 13.9 Å². The van der Waals surface area contributed by atoms with Gasteiger partial charge in [0.05, 0.1) is 13.2 Å². The number of carbonyl (C=O) groups excluding carboxylic acids is 1. The molecule has 1 rings (SSSR count). The van der Waals surface area contributed by atoms with Gasteiger partial charge in [0.1, 0.15) is 11.6 Å². The van der Waals surface area contributed by atoms with E-state index in [0.717, 1.165) is 6.42 Å². The highest BCUT2D eigenvalue weighted by molar-refractivity contribution is 5.76. The third-order valence-electron chi connectivity index (χ3n) is 2.51. The van der Waals surface area contributed by atoms with E-state index in [0.29, 0.717) is 17.7 Å². The summed E-state index contributed by atoms with van der Waals surface area (Å²) >= 11 is 0. The summed E-state index contributed by atoms with van der Waals surface area (Å²) in [5.74, 6) is 0.208. The van der Waals surface area contributed by atoms with Crippen molar-refractivity contribution in [2.24, 2.45) is 0 Å². The molecule has 0 bridgehead atoms. The van der Waals surface area contributed by atoms with Crippen molar-refractivity contribution in [1.82, 2.24) is 5.32 Å². The maximum atomic E-state index is 13.2. The lowest BCUT2D eigenvalue weighted by Crippen LogP contribution is -2.26. The van der Waals surface area contributed by atoms with Crippen molar-refractivity contribution in [2.75, 3.05) is 7.11 Å². The Morgan fingerprint density at radius 3 is 2.82 bits per heavy atom. The molecular formula is C13H18FNO2. The molecule has 0 saturated heterocycles. The monoisotopic (exact) mass is 239 g/mol. The minimum atomic E-state index is -0.336. The maximum absolute atomic E-state index is 13.2. The SMILES string of the molecule is CCCC(=O)NC(C)c1cc(F)ccc1OC. The number of nitrogens with one attached hydrogen (secondary N) is 1. The van der Waals surface area contributed by atoms with E-state index in [2.05, 4.69) is 5.32 Å². The van der Waals surface area contributed by atoms with Gasteiger partial charge in [0.15, 0.2) is 0 Å². The fraction of sp³-hybridized carbons (Fsp3) is 0.462. The van der Waals surface area contributed by atoms with Crippen LogP contribution in [0.1, 0.15) is 38.3 Å². The van der Waals surface area contributed by atoms with Crippen LogP contribution in [0.4, 0.5) is 4.39 Å². The lowest BCUT2D eigenvalue weighted by molar-refractivity contribution is -0.121. The van der Waals surface area contributed by atoms with Crippen LogP contribution < -0.4 is 10.1 Å². The average molecular weight is 239 g/mol. The van der Waals surface area contributed by atoms with Crippen LogP contribution in [-0.2, 0) is 4.79 Å². The number of ether oxygens (including phenoxy) is 1. The van der Waals surface area contributed by atoms with Crippen molar-refractivity contribution in [3.8, 4) is 5.75 Å². The van der Waals surface area contributed by atoms with E-state index >= 15 is 0 Å². The zero-order chi connectivity index (χ0) is 12.8. The number of benzene rings is 1. The standard InChI is InChI=1S/C13H18FNO2/c1-4-5-13(16)15-9(2)11-8-10(14)6-7-12(11)17-3/h6-9H,4-5H2,1-3H3,(H,15,16). The lowest BCUT2D eigenvalue weighted by atomic mass is 10.1. The van der Waals surface area contributed by atoms with Crippen molar-refractivity contribution >= 4 is 5.91 Å². The summed E-state index contributed by atoms with van der Waals surface area (Å²) in [6.45, 7) is 3.75. The Hall–Kier alpha value is -1.58. The Labute approximate surface area is 101 Å². The Balaban J connectivity index is 2.83. The fourth-order valence-electron chi connectivity index (χ4n) is 1.66. The minimum absolute atomic E-state index is 0.0358. The summed E-state index contributed by atoms with van der Waals surface area (Å²) < 4.78 is 18.3. The van der Waals surface area contributed by atoms with Crippen molar-refractivity contribution in [1.29, 1.82) is 0 Å². The molecule has 1 aromatic carbocycles. The lowest BCUT2D eigenvalue weighted by Gasteiger charge is -2.17. The van der Waals surface area contributed by atoms with Crippen LogP contribution in [0, 0.1) is 5.82 Å². The molecular weight excluding hydrogens is 221 g/mol. The first-order chi connectivity index (χ1) is 8.08. The second kappa shape index (κ2) is 6.23. The van der Waals surface area contributed by atoms with Crippen LogP contribution in [-0.4, -0.2) is 13.0 Å². The van der Waals surface area contributed by atoms with E-state index in [9.17, 15) is 9.18 Å². The van der Waals surface area contributed by atoms with E-state index in [1.807, 2.05) is 13.8 Å². The van der Waals surface area contributed by atoms with Gasteiger partial charge in [0.25, 0.3) is 0 Å². The molecule has 0 saturated carbocycles. The Morgan fingerprint density at radius 1 is 1.53 bits per heavy atom. The molecule has 0 aromatic heterocycles. The molecule has 0 aliphatic heterocycles. The topological polar surface area (TPSA) is 38.3 Å². The molecule has 0 heterocycles. The van der Waals surface area contributed by atoms with Crippen LogP contribution in [0.3, 0.4) is 0 Å². The van der Waals surface area contributed by atoms with E-state index in [4.69, 9.17) is 4.74 Å². The smallest absolute Gasteiger partial charge is 0.220 e. The Morgan fingerprint density at radius 2 is 2.24 bits per heavy atom. The second-order valence-electron chi connectivity index (χ2n) is 3.93. The highest BCUT2D eigenvalue weighted by Crippen LogP contribution is 2.25. The molecule has 0 fully saturated rings. The summed E-state index contributed by atoms with van der Waals surface area (Å²) in [5, 5.41) is 2.81. The van der Waals surface area contributed by atoms with E-state index in [-0.39, 0.29) is 17.8 Å². The fourth-order valence-corrected chi connectivity index (χ4v) is 1.66. The molecule has 3 nitrogen and oxygen atoms in total. The summed E-state index contributed by atoms with van der Waals surface area (Å²) in [5.41, 5.74) is 0.650. The number of halogens is 1. The van der Waals surface area contributed by atoms with E-state index in [1.54, 1.807) is 6.07 Å². The third kappa shape index (κ3) is 3.73. The van der Waals surface area contributed by atoms with Crippen molar-refractivity contribution in [2.45, 2.75) is 32.7 Å².